The normalized spacial score (nSPS) is 16.3. The molecule has 1 saturated carbocycles. The lowest BCUT2D eigenvalue weighted by molar-refractivity contribution is 0.244. The lowest BCUT2D eigenvalue weighted by atomic mass is 10.1. The average Bonchev–Trinajstić information content (AvgIpc) is 3.64. The van der Waals surface area contributed by atoms with Crippen LogP contribution in [0.1, 0.15) is 49.8 Å². The molecule has 0 radical (unpaired) electrons. The summed E-state index contributed by atoms with van der Waals surface area (Å²) in [5, 5.41) is 16.8. The third kappa shape index (κ3) is 6.42. The van der Waals surface area contributed by atoms with Gasteiger partial charge >= 0.3 is 0 Å². The maximum absolute atomic E-state index is 10.1. The zero-order chi connectivity index (χ0) is 22.3. The minimum absolute atomic E-state index is 0.137. The van der Waals surface area contributed by atoms with Crippen LogP contribution in [-0.4, -0.2) is 56.7 Å². The Morgan fingerprint density at radius 3 is 2.97 bits per heavy atom. The summed E-state index contributed by atoms with van der Waals surface area (Å²) in [7, 11) is 0. The fourth-order valence-electron chi connectivity index (χ4n) is 4.25. The van der Waals surface area contributed by atoms with E-state index in [1.54, 1.807) is 6.20 Å². The van der Waals surface area contributed by atoms with Gasteiger partial charge in [0.1, 0.15) is 23.7 Å². The first-order valence-electron chi connectivity index (χ1n) is 11.7. The van der Waals surface area contributed by atoms with Crippen LogP contribution in [-0.2, 0) is 12.8 Å². The maximum Gasteiger partial charge on any atom is 0.144 e. The molecule has 0 spiro atoms. The number of nitrogens with zero attached hydrogens (tertiary/aromatic N) is 4. The van der Waals surface area contributed by atoms with Gasteiger partial charge in [-0.1, -0.05) is 12.6 Å². The fourth-order valence-corrected chi connectivity index (χ4v) is 4.58. The molecule has 0 bridgehead atoms. The Hall–Kier alpha value is -2.19. The summed E-state index contributed by atoms with van der Waals surface area (Å²) in [6, 6.07) is 4.87. The van der Waals surface area contributed by atoms with Crippen molar-refractivity contribution < 1.29 is 5.11 Å². The van der Waals surface area contributed by atoms with Crippen molar-refractivity contribution in [1.82, 2.24) is 19.9 Å². The Kier molecular flexibility index (Phi) is 7.97. The van der Waals surface area contributed by atoms with Crippen LogP contribution in [0.2, 0.25) is 0 Å². The number of fused-ring (bicyclic) bond motifs is 1. The van der Waals surface area contributed by atoms with E-state index in [0.29, 0.717) is 11.9 Å². The minimum Gasteiger partial charge on any atom is -0.511 e. The van der Waals surface area contributed by atoms with Crippen LogP contribution in [0.15, 0.2) is 41.5 Å². The molecule has 1 atom stereocenters. The molecule has 1 unspecified atom stereocenters. The van der Waals surface area contributed by atoms with Crippen molar-refractivity contribution in [3.8, 4) is 0 Å². The molecule has 1 aliphatic carbocycles. The summed E-state index contributed by atoms with van der Waals surface area (Å²) in [4.78, 5) is 15.6. The molecular weight excluding hydrogens is 468 g/mol. The van der Waals surface area contributed by atoms with Crippen molar-refractivity contribution >= 4 is 27.6 Å². The molecular formula is C24H33BrN6O. The van der Waals surface area contributed by atoms with Crippen LogP contribution >= 0.6 is 15.9 Å². The number of aromatic nitrogens is 3. The van der Waals surface area contributed by atoms with Gasteiger partial charge in [-0.05, 0) is 85.5 Å². The second kappa shape index (κ2) is 11.1. The number of aryl methyl sites for hydroxylation is 2. The lowest BCUT2D eigenvalue weighted by Crippen LogP contribution is -2.33. The van der Waals surface area contributed by atoms with Crippen molar-refractivity contribution in [3.05, 3.63) is 52.7 Å². The summed E-state index contributed by atoms with van der Waals surface area (Å²) in [6.45, 7) is 6.80. The van der Waals surface area contributed by atoms with E-state index in [1.165, 1.54) is 36.8 Å². The maximum atomic E-state index is 10.1. The third-order valence-electron chi connectivity index (χ3n) is 6.23. The quantitative estimate of drug-likeness (QED) is 0.287. The van der Waals surface area contributed by atoms with Crippen LogP contribution in [0, 0.1) is 0 Å². The zero-order valence-corrected chi connectivity index (χ0v) is 20.1. The average molecular weight is 501 g/mol. The summed E-state index contributed by atoms with van der Waals surface area (Å²) >= 11 is 3.45. The molecule has 0 amide bonds. The number of rotatable bonds is 12. The van der Waals surface area contributed by atoms with Crippen LogP contribution in [0.4, 0.5) is 11.6 Å². The molecule has 2 aromatic heterocycles. The smallest absolute Gasteiger partial charge is 0.144 e. The predicted octanol–water partition coefficient (Wildman–Crippen LogP) is 4.72. The van der Waals surface area contributed by atoms with Gasteiger partial charge in [0.25, 0.3) is 0 Å². The van der Waals surface area contributed by atoms with Crippen LogP contribution in [0.3, 0.4) is 0 Å². The number of halogens is 1. The number of hydrogen-bond acceptors (Lipinski definition) is 7. The molecule has 7 nitrogen and oxygen atoms in total. The molecule has 1 aliphatic heterocycles. The molecule has 172 valence electrons. The van der Waals surface area contributed by atoms with Gasteiger partial charge < -0.3 is 20.6 Å². The first-order valence-corrected chi connectivity index (χ1v) is 12.5. The first-order chi connectivity index (χ1) is 15.6. The van der Waals surface area contributed by atoms with Crippen LogP contribution in [0.5, 0.6) is 0 Å². The Bertz CT molecular complexity index is 919. The van der Waals surface area contributed by atoms with Crippen LogP contribution < -0.4 is 10.6 Å². The molecule has 3 N–H and O–H groups in total. The Morgan fingerprint density at radius 1 is 1.31 bits per heavy atom. The monoisotopic (exact) mass is 500 g/mol. The van der Waals surface area contributed by atoms with Gasteiger partial charge in [0.05, 0.1) is 10.5 Å². The molecule has 3 heterocycles. The largest absolute Gasteiger partial charge is 0.511 e. The van der Waals surface area contributed by atoms with Crippen molar-refractivity contribution in [1.29, 1.82) is 0 Å². The van der Waals surface area contributed by atoms with Crippen LogP contribution in [0.25, 0.3) is 0 Å². The van der Waals surface area contributed by atoms with Gasteiger partial charge in [-0.3, -0.25) is 0 Å². The third-order valence-corrected chi connectivity index (χ3v) is 6.81. The lowest BCUT2D eigenvalue weighted by Gasteiger charge is -2.25. The summed E-state index contributed by atoms with van der Waals surface area (Å²) in [5.41, 5.74) is 2.54. The number of pyridine rings is 1. The topological polar surface area (TPSA) is 86.2 Å². The highest BCUT2D eigenvalue weighted by Crippen LogP contribution is 2.28. The van der Waals surface area contributed by atoms with Crippen molar-refractivity contribution in [2.24, 2.45) is 0 Å². The van der Waals surface area contributed by atoms with E-state index in [9.17, 15) is 5.11 Å². The summed E-state index contributed by atoms with van der Waals surface area (Å²) in [6.07, 6.45) is 12.1. The van der Waals surface area contributed by atoms with E-state index < -0.39 is 0 Å². The minimum atomic E-state index is -0.241. The van der Waals surface area contributed by atoms with Crippen molar-refractivity contribution in [2.75, 3.05) is 30.3 Å². The number of aliphatic hydroxyl groups excluding tert-OH is 1. The summed E-state index contributed by atoms with van der Waals surface area (Å²) < 4.78 is 0.774. The van der Waals surface area contributed by atoms with E-state index in [2.05, 4.69) is 60.1 Å². The van der Waals surface area contributed by atoms with Gasteiger partial charge in [-0.2, -0.15) is 0 Å². The second-order valence-corrected chi connectivity index (χ2v) is 9.62. The highest BCUT2D eigenvalue weighted by molar-refractivity contribution is 9.10. The molecule has 0 aromatic carbocycles. The van der Waals surface area contributed by atoms with E-state index >= 15 is 0 Å². The molecule has 32 heavy (non-hydrogen) atoms. The van der Waals surface area contributed by atoms with Gasteiger partial charge in [-0.25, -0.2) is 15.0 Å². The zero-order valence-electron chi connectivity index (χ0n) is 18.6. The molecule has 4 rings (SSSR count). The second-order valence-electron chi connectivity index (χ2n) is 8.76. The van der Waals surface area contributed by atoms with Gasteiger partial charge in [-0.15, -0.1) is 0 Å². The Morgan fingerprint density at radius 2 is 2.19 bits per heavy atom. The standard InChI is InChI=1S/C24H33BrN6O/c1-17(32)22(30-24-21(25)15-26-16-28-24)11-14-31(20-9-10-20)13-3-2-6-19-8-7-18-5-4-12-27-23(18)29-19/h7-8,15-16,20,22,32H,1-6,9-14H2,(H,27,29)(H,26,28,30). The highest BCUT2D eigenvalue weighted by atomic mass is 79.9. The number of unbranched alkanes of at least 4 members (excludes halogenated alkanes) is 1. The fraction of sp³-hybridized carbons (Fsp3) is 0.542. The predicted molar refractivity (Wildman–Crippen MR) is 132 cm³/mol. The molecule has 1 fully saturated rings. The molecule has 2 aromatic rings. The van der Waals surface area contributed by atoms with E-state index in [1.807, 2.05) is 0 Å². The van der Waals surface area contributed by atoms with Gasteiger partial charge in [0.2, 0.25) is 0 Å². The number of hydrogen-bond donors (Lipinski definition) is 3. The molecule has 8 heteroatoms. The first kappa shape index (κ1) is 23.0. The van der Waals surface area contributed by atoms with E-state index in [4.69, 9.17) is 4.98 Å². The Labute approximate surface area is 198 Å². The van der Waals surface area contributed by atoms with Gasteiger partial charge in [0.15, 0.2) is 0 Å². The van der Waals surface area contributed by atoms with Crippen molar-refractivity contribution in [3.63, 3.8) is 0 Å². The number of nitrogens with one attached hydrogen (secondary N) is 2. The highest BCUT2D eigenvalue weighted by Gasteiger charge is 2.29. The molecule has 0 saturated heterocycles. The Balaban J connectivity index is 1.24. The molecule has 2 aliphatic rings. The number of anilines is 2. The summed E-state index contributed by atoms with van der Waals surface area (Å²) in [5.74, 6) is 1.90. The number of aliphatic hydroxyl groups is 1. The van der Waals surface area contributed by atoms with Gasteiger partial charge in [0, 0.05) is 31.0 Å². The van der Waals surface area contributed by atoms with Crippen molar-refractivity contribution in [2.45, 2.75) is 63.5 Å². The van der Waals surface area contributed by atoms with E-state index in [-0.39, 0.29) is 11.8 Å². The SMILES string of the molecule is C=C(O)C(CCN(CCCCc1ccc2c(n1)NCCC2)C1CC1)Nc1ncncc1Br. The van der Waals surface area contributed by atoms with E-state index in [0.717, 1.165) is 62.0 Å².